The van der Waals surface area contributed by atoms with Crippen LogP contribution in [-0.4, -0.2) is 47.4 Å². The van der Waals surface area contributed by atoms with Gasteiger partial charge in [-0.15, -0.1) is 0 Å². The van der Waals surface area contributed by atoms with E-state index in [0.29, 0.717) is 30.5 Å². The summed E-state index contributed by atoms with van der Waals surface area (Å²) in [4.78, 5) is 37.7. The third-order valence-electron chi connectivity index (χ3n) is 6.05. The van der Waals surface area contributed by atoms with Crippen molar-refractivity contribution in [3.63, 3.8) is 0 Å². The highest BCUT2D eigenvalue weighted by atomic mass is 16.5. The first kappa shape index (κ1) is 15.8. The van der Waals surface area contributed by atoms with Gasteiger partial charge in [0.2, 0.25) is 11.8 Å². The van der Waals surface area contributed by atoms with Crippen molar-refractivity contribution in [3.05, 3.63) is 29.3 Å². The maximum atomic E-state index is 12.7. The Morgan fingerprint density at radius 2 is 2.04 bits per heavy atom. The minimum Gasteiger partial charge on any atom is -0.489 e. The van der Waals surface area contributed by atoms with Crippen LogP contribution in [0.15, 0.2) is 18.2 Å². The van der Waals surface area contributed by atoms with Crippen LogP contribution in [0.5, 0.6) is 5.75 Å². The van der Waals surface area contributed by atoms with Crippen molar-refractivity contribution < 1.29 is 19.1 Å². The first-order chi connectivity index (χ1) is 12.6. The topological polar surface area (TPSA) is 87.7 Å². The van der Waals surface area contributed by atoms with E-state index in [2.05, 4.69) is 10.6 Å². The Labute approximate surface area is 151 Å². The van der Waals surface area contributed by atoms with Crippen molar-refractivity contribution in [3.8, 4) is 5.75 Å². The molecule has 4 atom stereocenters. The van der Waals surface area contributed by atoms with Crippen molar-refractivity contribution >= 4 is 17.7 Å². The molecule has 0 radical (unpaired) electrons. The first-order valence-corrected chi connectivity index (χ1v) is 9.26. The molecule has 1 aromatic rings. The van der Waals surface area contributed by atoms with Gasteiger partial charge in [0.15, 0.2) is 0 Å². The molecule has 3 aliphatic heterocycles. The number of hydrogen-bond acceptors (Lipinski definition) is 5. The number of hydrogen-bond donors (Lipinski definition) is 2. The third-order valence-corrected chi connectivity index (χ3v) is 6.05. The standard InChI is InChI=1S/C19H21N3O4/c23-17-4-3-15(18(24)21-17)22-9-11-7-12(1-2-13(11)19(22)25)26-16-6-10-5-14(16)20-8-10/h1-2,7,10,14-16,20H,3-6,8-9H2,(H,21,23,24)/t10?,14?,15?,16-/m1/s1. The molecule has 3 amide bonds. The zero-order chi connectivity index (χ0) is 17.8. The van der Waals surface area contributed by atoms with Crippen LogP contribution in [0.2, 0.25) is 0 Å². The summed E-state index contributed by atoms with van der Waals surface area (Å²) in [5.74, 6) is 0.685. The SMILES string of the molecule is O=C1CCC(N2Cc3cc(O[C@@H]4CC5CNC4C5)ccc3C2=O)C(=O)N1. The fraction of sp³-hybridized carbons (Fsp3) is 0.526. The van der Waals surface area contributed by atoms with Crippen LogP contribution in [0.3, 0.4) is 0 Å². The van der Waals surface area contributed by atoms with Crippen LogP contribution in [-0.2, 0) is 16.1 Å². The van der Waals surface area contributed by atoms with Gasteiger partial charge in [0.1, 0.15) is 17.9 Å². The summed E-state index contributed by atoms with van der Waals surface area (Å²) in [5.41, 5.74) is 1.50. The lowest BCUT2D eigenvalue weighted by Gasteiger charge is -2.29. The summed E-state index contributed by atoms with van der Waals surface area (Å²) in [6, 6.07) is 5.41. The molecule has 1 aromatic carbocycles. The number of fused-ring (bicyclic) bond motifs is 3. The summed E-state index contributed by atoms with van der Waals surface area (Å²) < 4.78 is 6.17. The fourth-order valence-electron chi connectivity index (χ4n) is 4.73. The van der Waals surface area contributed by atoms with Gasteiger partial charge in [-0.3, -0.25) is 19.7 Å². The number of carbonyl (C=O) groups is 3. The fourth-order valence-corrected chi connectivity index (χ4v) is 4.73. The Balaban J connectivity index is 1.32. The molecule has 26 heavy (non-hydrogen) atoms. The zero-order valence-corrected chi connectivity index (χ0v) is 14.4. The minimum atomic E-state index is -0.577. The number of ether oxygens (including phenoxy) is 1. The number of nitrogens with zero attached hydrogens (tertiary/aromatic N) is 1. The molecular formula is C19H21N3O4. The molecule has 2 bridgehead atoms. The number of amides is 3. The molecule has 3 fully saturated rings. The molecule has 1 saturated carbocycles. The summed E-state index contributed by atoms with van der Waals surface area (Å²) in [6.45, 7) is 1.47. The lowest BCUT2D eigenvalue weighted by molar-refractivity contribution is -0.136. The molecule has 0 spiro atoms. The summed E-state index contributed by atoms with van der Waals surface area (Å²) in [5, 5.41) is 5.81. The van der Waals surface area contributed by atoms with Gasteiger partial charge in [0.05, 0.1) is 0 Å². The molecule has 0 aromatic heterocycles. The zero-order valence-electron chi connectivity index (χ0n) is 14.4. The molecule has 7 heteroatoms. The molecular weight excluding hydrogens is 334 g/mol. The van der Waals surface area contributed by atoms with Crippen LogP contribution in [0, 0.1) is 5.92 Å². The number of piperidine rings is 2. The first-order valence-electron chi connectivity index (χ1n) is 9.26. The van der Waals surface area contributed by atoms with Gasteiger partial charge in [0.25, 0.3) is 5.91 Å². The van der Waals surface area contributed by atoms with E-state index in [1.807, 2.05) is 12.1 Å². The number of benzene rings is 1. The second-order valence-corrected chi connectivity index (χ2v) is 7.73. The van der Waals surface area contributed by atoms with E-state index in [4.69, 9.17) is 4.74 Å². The summed E-state index contributed by atoms with van der Waals surface area (Å²) in [6.07, 6.45) is 3.09. The Morgan fingerprint density at radius 3 is 2.77 bits per heavy atom. The Hall–Kier alpha value is -2.41. The highest BCUT2D eigenvalue weighted by Crippen LogP contribution is 2.35. The van der Waals surface area contributed by atoms with Crippen molar-refractivity contribution in [2.75, 3.05) is 6.54 Å². The second kappa shape index (κ2) is 5.81. The van der Waals surface area contributed by atoms with E-state index in [-0.39, 0.29) is 30.2 Å². The molecule has 5 rings (SSSR count). The number of imide groups is 1. The van der Waals surface area contributed by atoms with E-state index in [1.54, 1.807) is 11.0 Å². The molecule has 2 N–H and O–H groups in total. The van der Waals surface area contributed by atoms with Crippen LogP contribution < -0.4 is 15.4 Å². The van der Waals surface area contributed by atoms with Crippen molar-refractivity contribution in [2.45, 2.75) is 50.4 Å². The highest BCUT2D eigenvalue weighted by Gasteiger charge is 2.42. The predicted octanol–water partition coefficient (Wildman–Crippen LogP) is 0.577. The third kappa shape index (κ3) is 2.49. The quantitative estimate of drug-likeness (QED) is 0.775. The van der Waals surface area contributed by atoms with E-state index in [9.17, 15) is 14.4 Å². The molecule has 3 heterocycles. The maximum absolute atomic E-state index is 12.7. The monoisotopic (exact) mass is 355 g/mol. The van der Waals surface area contributed by atoms with Crippen LogP contribution in [0.1, 0.15) is 41.6 Å². The minimum absolute atomic E-state index is 0.150. The van der Waals surface area contributed by atoms with Gasteiger partial charge in [-0.1, -0.05) is 0 Å². The van der Waals surface area contributed by atoms with E-state index in [0.717, 1.165) is 24.3 Å². The second-order valence-electron chi connectivity index (χ2n) is 7.73. The highest BCUT2D eigenvalue weighted by molar-refractivity contribution is 6.05. The lowest BCUT2D eigenvalue weighted by Crippen LogP contribution is -2.52. The van der Waals surface area contributed by atoms with Gasteiger partial charge in [-0.2, -0.15) is 0 Å². The van der Waals surface area contributed by atoms with Gasteiger partial charge in [-0.25, -0.2) is 0 Å². The van der Waals surface area contributed by atoms with Gasteiger partial charge < -0.3 is 15.0 Å². The van der Waals surface area contributed by atoms with Crippen molar-refractivity contribution in [2.24, 2.45) is 5.92 Å². The summed E-state index contributed by atoms with van der Waals surface area (Å²) in [7, 11) is 0. The molecule has 7 nitrogen and oxygen atoms in total. The van der Waals surface area contributed by atoms with Crippen molar-refractivity contribution in [1.82, 2.24) is 15.5 Å². The average molecular weight is 355 g/mol. The van der Waals surface area contributed by atoms with Crippen LogP contribution in [0.25, 0.3) is 0 Å². The Kier molecular flexibility index (Phi) is 3.53. The largest absolute Gasteiger partial charge is 0.489 e. The molecule has 1 aliphatic carbocycles. The Bertz CT molecular complexity index is 808. The number of rotatable bonds is 3. The van der Waals surface area contributed by atoms with Crippen LogP contribution >= 0.6 is 0 Å². The van der Waals surface area contributed by atoms with Gasteiger partial charge >= 0.3 is 0 Å². The normalized spacial score (nSPS) is 32.8. The number of carbonyl (C=O) groups excluding carboxylic acids is 3. The molecule has 136 valence electrons. The molecule has 3 unspecified atom stereocenters. The lowest BCUT2D eigenvalue weighted by atomic mass is 10.0. The van der Waals surface area contributed by atoms with Gasteiger partial charge in [-0.05, 0) is 55.5 Å². The predicted molar refractivity (Wildman–Crippen MR) is 91.4 cm³/mol. The van der Waals surface area contributed by atoms with Crippen molar-refractivity contribution in [1.29, 1.82) is 0 Å². The van der Waals surface area contributed by atoms with E-state index < -0.39 is 6.04 Å². The molecule has 2 saturated heterocycles. The summed E-state index contributed by atoms with van der Waals surface area (Å²) >= 11 is 0. The Morgan fingerprint density at radius 1 is 1.15 bits per heavy atom. The van der Waals surface area contributed by atoms with Gasteiger partial charge in [0, 0.05) is 24.6 Å². The molecule has 4 aliphatic rings. The average Bonchev–Trinajstić information content (AvgIpc) is 3.30. The van der Waals surface area contributed by atoms with E-state index >= 15 is 0 Å². The van der Waals surface area contributed by atoms with E-state index in [1.165, 1.54) is 6.42 Å². The number of nitrogens with one attached hydrogen (secondary N) is 2. The van der Waals surface area contributed by atoms with Crippen LogP contribution in [0.4, 0.5) is 0 Å². The smallest absolute Gasteiger partial charge is 0.255 e. The maximum Gasteiger partial charge on any atom is 0.255 e.